The predicted octanol–water partition coefficient (Wildman–Crippen LogP) is 4.57. The molecule has 8 nitrogen and oxygen atoms in total. The topological polar surface area (TPSA) is 112 Å². The van der Waals surface area contributed by atoms with Crippen LogP contribution in [0.5, 0.6) is 5.75 Å². The molecule has 6 rings (SSSR count). The van der Waals surface area contributed by atoms with Crippen molar-refractivity contribution in [2.45, 2.75) is 45.2 Å². The minimum absolute atomic E-state index is 0.0568. The van der Waals surface area contributed by atoms with Crippen LogP contribution in [0.3, 0.4) is 0 Å². The number of hydrogen-bond donors (Lipinski definition) is 2. The van der Waals surface area contributed by atoms with Gasteiger partial charge in [0.1, 0.15) is 23.6 Å². The largest absolute Gasteiger partial charge is 0.508 e. The zero-order valence-corrected chi connectivity index (χ0v) is 19.5. The molecule has 1 aliphatic rings. The minimum atomic E-state index is 0.0568. The lowest BCUT2D eigenvalue weighted by Crippen LogP contribution is -2.28. The Morgan fingerprint density at radius 1 is 1.06 bits per heavy atom. The highest BCUT2D eigenvalue weighted by Gasteiger charge is 2.24. The standard InChI is InChI=1S/C27H26N6O2/c1-16-6-4-7-17-12-20(33(27(35)22(16)17)19-9-2-3-10-19)14-32-26-23(25(28)29-15-30-26)24(31-32)18-8-5-11-21(34)13-18/h4-8,11-13,15,19,34H,2-3,9-10,14H2,1H3,(H2,28,29,30). The van der Waals surface area contributed by atoms with Gasteiger partial charge in [-0.3, -0.25) is 4.79 Å². The number of nitrogen functional groups attached to an aromatic ring is 1. The van der Waals surface area contributed by atoms with Gasteiger partial charge in [-0.2, -0.15) is 5.10 Å². The first-order chi connectivity index (χ1) is 17.0. The lowest BCUT2D eigenvalue weighted by atomic mass is 10.0. The highest BCUT2D eigenvalue weighted by molar-refractivity contribution is 5.98. The van der Waals surface area contributed by atoms with E-state index in [1.165, 1.54) is 6.33 Å². The molecule has 3 N–H and O–H groups in total. The van der Waals surface area contributed by atoms with Crippen LogP contribution in [0.4, 0.5) is 5.82 Å². The maximum absolute atomic E-state index is 13.8. The van der Waals surface area contributed by atoms with E-state index in [0.29, 0.717) is 29.1 Å². The third-order valence-electron chi connectivity index (χ3n) is 7.05. The molecule has 0 saturated heterocycles. The molecule has 0 unspecified atom stereocenters. The number of anilines is 1. The second kappa shape index (κ2) is 8.23. The number of phenols is 1. The molecule has 2 aromatic carbocycles. The van der Waals surface area contributed by atoms with Crippen molar-refractivity contribution in [3.63, 3.8) is 0 Å². The molecule has 0 aliphatic heterocycles. The van der Waals surface area contributed by atoms with Crippen molar-refractivity contribution in [1.82, 2.24) is 24.3 Å². The number of nitrogens with two attached hydrogens (primary N) is 1. The summed E-state index contributed by atoms with van der Waals surface area (Å²) in [7, 11) is 0. The molecule has 0 bridgehead atoms. The molecule has 1 fully saturated rings. The number of hydrogen-bond acceptors (Lipinski definition) is 6. The normalized spacial score (nSPS) is 14.3. The fraction of sp³-hybridized carbons (Fsp3) is 0.259. The molecule has 3 aromatic heterocycles. The Balaban J connectivity index is 1.57. The van der Waals surface area contributed by atoms with Crippen LogP contribution in [0.15, 0.2) is 59.7 Å². The summed E-state index contributed by atoms with van der Waals surface area (Å²) in [4.78, 5) is 22.5. The van der Waals surface area contributed by atoms with Gasteiger partial charge in [-0.25, -0.2) is 14.6 Å². The number of rotatable bonds is 4. The van der Waals surface area contributed by atoms with Crippen molar-refractivity contribution in [1.29, 1.82) is 0 Å². The lowest BCUT2D eigenvalue weighted by Gasteiger charge is -2.21. The van der Waals surface area contributed by atoms with Crippen LogP contribution in [-0.4, -0.2) is 29.4 Å². The fourth-order valence-electron chi connectivity index (χ4n) is 5.44. The van der Waals surface area contributed by atoms with E-state index in [0.717, 1.165) is 53.3 Å². The first-order valence-electron chi connectivity index (χ1n) is 11.9. The Kier molecular flexibility index (Phi) is 5.02. The molecular formula is C27H26N6O2. The van der Waals surface area contributed by atoms with Gasteiger partial charge >= 0.3 is 0 Å². The smallest absolute Gasteiger partial charge is 0.259 e. The van der Waals surface area contributed by atoms with Gasteiger partial charge in [0.25, 0.3) is 5.56 Å². The Bertz CT molecular complexity index is 1650. The summed E-state index contributed by atoms with van der Waals surface area (Å²) in [6.07, 6.45) is 5.66. The highest BCUT2D eigenvalue weighted by atomic mass is 16.3. The molecule has 5 aromatic rings. The van der Waals surface area contributed by atoms with Gasteiger partial charge in [0.05, 0.1) is 17.3 Å². The predicted molar refractivity (Wildman–Crippen MR) is 136 cm³/mol. The van der Waals surface area contributed by atoms with E-state index in [9.17, 15) is 9.90 Å². The molecule has 176 valence electrons. The number of aromatic nitrogens is 5. The molecule has 0 amide bonds. The average Bonchev–Trinajstić information content (AvgIpc) is 3.49. The average molecular weight is 467 g/mol. The zero-order chi connectivity index (χ0) is 24.1. The number of fused-ring (bicyclic) bond motifs is 2. The lowest BCUT2D eigenvalue weighted by molar-refractivity contribution is 0.474. The van der Waals surface area contributed by atoms with Gasteiger partial charge in [-0.15, -0.1) is 0 Å². The Hall–Kier alpha value is -4.20. The number of benzene rings is 2. The molecular weight excluding hydrogens is 440 g/mol. The first kappa shape index (κ1) is 21.3. The Morgan fingerprint density at radius 2 is 1.86 bits per heavy atom. The van der Waals surface area contributed by atoms with E-state index in [-0.39, 0.29) is 17.4 Å². The van der Waals surface area contributed by atoms with Crippen LogP contribution in [-0.2, 0) is 6.54 Å². The zero-order valence-electron chi connectivity index (χ0n) is 19.5. The summed E-state index contributed by atoms with van der Waals surface area (Å²) in [5.41, 5.74) is 10.1. The summed E-state index contributed by atoms with van der Waals surface area (Å²) in [5.74, 6) is 0.461. The van der Waals surface area contributed by atoms with E-state index in [4.69, 9.17) is 10.8 Å². The van der Waals surface area contributed by atoms with Crippen molar-refractivity contribution in [3.05, 3.63) is 76.5 Å². The third-order valence-corrected chi connectivity index (χ3v) is 7.05. The number of phenolic OH excluding ortho intramolecular Hbond substituents is 1. The first-order valence-corrected chi connectivity index (χ1v) is 11.9. The quantitative estimate of drug-likeness (QED) is 0.401. The van der Waals surface area contributed by atoms with Crippen LogP contribution < -0.4 is 11.3 Å². The molecule has 35 heavy (non-hydrogen) atoms. The van der Waals surface area contributed by atoms with Crippen molar-refractivity contribution >= 4 is 27.6 Å². The van der Waals surface area contributed by atoms with Gasteiger partial charge in [-0.1, -0.05) is 43.2 Å². The highest BCUT2D eigenvalue weighted by Crippen LogP contribution is 2.34. The summed E-state index contributed by atoms with van der Waals surface area (Å²) in [6.45, 7) is 2.35. The van der Waals surface area contributed by atoms with Crippen molar-refractivity contribution in [2.24, 2.45) is 0 Å². The summed E-state index contributed by atoms with van der Waals surface area (Å²) >= 11 is 0. The summed E-state index contributed by atoms with van der Waals surface area (Å²) in [5, 5.41) is 17.2. The second-order valence-corrected chi connectivity index (χ2v) is 9.30. The molecule has 8 heteroatoms. The van der Waals surface area contributed by atoms with Crippen LogP contribution in [0, 0.1) is 6.92 Å². The van der Waals surface area contributed by atoms with Crippen LogP contribution in [0.2, 0.25) is 0 Å². The van der Waals surface area contributed by atoms with E-state index in [2.05, 4.69) is 16.0 Å². The van der Waals surface area contributed by atoms with Crippen LogP contribution in [0.1, 0.15) is 43.0 Å². The van der Waals surface area contributed by atoms with E-state index >= 15 is 0 Å². The van der Waals surface area contributed by atoms with E-state index < -0.39 is 0 Å². The van der Waals surface area contributed by atoms with Gasteiger partial charge in [0.15, 0.2) is 5.65 Å². The minimum Gasteiger partial charge on any atom is -0.508 e. The maximum atomic E-state index is 13.8. The van der Waals surface area contributed by atoms with Crippen LogP contribution >= 0.6 is 0 Å². The monoisotopic (exact) mass is 466 g/mol. The van der Waals surface area contributed by atoms with Crippen molar-refractivity contribution < 1.29 is 5.11 Å². The Morgan fingerprint density at radius 3 is 2.66 bits per heavy atom. The number of aromatic hydroxyl groups is 1. The van der Waals surface area contributed by atoms with E-state index in [1.807, 2.05) is 35.8 Å². The number of nitrogens with zero attached hydrogens (tertiary/aromatic N) is 5. The third kappa shape index (κ3) is 3.53. The molecule has 1 aliphatic carbocycles. The number of aryl methyl sites for hydroxylation is 1. The molecule has 0 spiro atoms. The second-order valence-electron chi connectivity index (χ2n) is 9.30. The van der Waals surface area contributed by atoms with Crippen LogP contribution in [0.25, 0.3) is 33.1 Å². The van der Waals surface area contributed by atoms with Gasteiger partial charge in [0, 0.05) is 17.3 Å². The molecule has 3 heterocycles. The molecule has 1 saturated carbocycles. The van der Waals surface area contributed by atoms with Crippen molar-refractivity contribution in [3.8, 4) is 17.0 Å². The Labute approximate surface area is 201 Å². The van der Waals surface area contributed by atoms with Crippen molar-refractivity contribution in [2.75, 3.05) is 5.73 Å². The van der Waals surface area contributed by atoms with Gasteiger partial charge in [0.2, 0.25) is 0 Å². The SMILES string of the molecule is Cc1cccc2cc(Cn3nc(-c4cccc(O)c4)c4c(N)ncnc43)n(C3CCCC3)c(=O)c12. The molecule has 0 atom stereocenters. The van der Waals surface area contributed by atoms with Gasteiger partial charge in [-0.05, 0) is 48.9 Å². The molecule has 0 radical (unpaired) electrons. The maximum Gasteiger partial charge on any atom is 0.259 e. The number of pyridine rings is 1. The summed E-state index contributed by atoms with van der Waals surface area (Å²) in [6, 6.07) is 15.1. The summed E-state index contributed by atoms with van der Waals surface area (Å²) < 4.78 is 3.77. The fourth-order valence-corrected chi connectivity index (χ4v) is 5.44. The van der Waals surface area contributed by atoms with E-state index in [1.54, 1.807) is 22.9 Å². The van der Waals surface area contributed by atoms with Gasteiger partial charge < -0.3 is 15.4 Å².